The second-order valence-corrected chi connectivity index (χ2v) is 7.98. The molecule has 30 heavy (non-hydrogen) atoms. The molecule has 3 nitrogen and oxygen atoms in total. The van der Waals surface area contributed by atoms with Gasteiger partial charge in [-0.15, -0.1) is 0 Å². The lowest BCUT2D eigenvalue weighted by molar-refractivity contribution is 0.0679. The Morgan fingerprint density at radius 3 is 2.37 bits per heavy atom. The van der Waals surface area contributed by atoms with E-state index in [1.165, 1.54) is 25.3 Å². The first-order valence-electron chi connectivity index (χ1n) is 10.5. The Labute approximate surface area is 177 Å². The highest BCUT2D eigenvalue weighted by Crippen LogP contribution is 2.30. The molecule has 0 heterocycles. The van der Waals surface area contributed by atoms with Crippen LogP contribution in [0.5, 0.6) is 11.5 Å². The molecule has 0 spiro atoms. The smallest absolute Gasteiger partial charge is 0.254 e. The van der Waals surface area contributed by atoms with Crippen LogP contribution in [0.1, 0.15) is 40.7 Å². The Balaban J connectivity index is 1.49. The van der Waals surface area contributed by atoms with E-state index in [2.05, 4.69) is 12.1 Å². The van der Waals surface area contributed by atoms with Crippen molar-refractivity contribution in [3.63, 3.8) is 0 Å². The standard InChI is InChI=1S/C26H26FNO2/c1-19-7-5-12-24(27)25(19)30-23-15-13-22(14-16-23)26(29)28(18-21-10-6-11-21)17-20-8-3-2-4-9-20/h2-5,7-9,12-16,21H,6,10-11,17-18H2,1H3. The van der Waals surface area contributed by atoms with E-state index >= 15 is 0 Å². The third-order valence-corrected chi connectivity index (χ3v) is 5.69. The van der Waals surface area contributed by atoms with Gasteiger partial charge < -0.3 is 9.64 Å². The van der Waals surface area contributed by atoms with Gasteiger partial charge in [-0.1, -0.05) is 48.9 Å². The number of hydrogen-bond donors (Lipinski definition) is 0. The first kappa shape index (κ1) is 20.1. The van der Waals surface area contributed by atoms with Crippen LogP contribution < -0.4 is 4.74 Å². The fourth-order valence-corrected chi connectivity index (χ4v) is 3.72. The number of amides is 1. The molecule has 0 atom stereocenters. The molecule has 1 aliphatic rings. The van der Waals surface area contributed by atoms with Crippen molar-refractivity contribution in [2.75, 3.05) is 6.54 Å². The van der Waals surface area contributed by atoms with E-state index in [4.69, 9.17) is 4.74 Å². The maximum Gasteiger partial charge on any atom is 0.254 e. The fraction of sp³-hybridized carbons (Fsp3) is 0.269. The van der Waals surface area contributed by atoms with Crippen molar-refractivity contribution >= 4 is 5.91 Å². The third-order valence-electron chi connectivity index (χ3n) is 5.69. The zero-order valence-corrected chi connectivity index (χ0v) is 17.2. The highest BCUT2D eigenvalue weighted by molar-refractivity contribution is 5.94. The summed E-state index contributed by atoms with van der Waals surface area (Å²) in [5, 5.41) is 0. The van der Waals surface area contributed by atoms with Gasteiger partial charge in [0.15, 0.2) is 11.6 Å². The number of benzene rings is 3. The topological polar surface area (TPSA) is 29.5 Å². The zero-order chi connectivity index (χ0) is 20.9. The van der Waals surface area contributed by atoms with Gasteiger partial charge in [0.05, 0.1) is 0 Å². The van der Waals surface area contributed by atoms with Gasteiger partial charge in [-0.05, 0) is 67.1 Å². The van der Waals surface area contributed by atoms with Crippen molar-refractivity contribution < 1.29 is 13.9 Å². The van der Waals surface area contributed by atoms with Crippen LogP contribution in [0.4, 0.5) is 4.39 Å². The van der Waals surface area contributed by atoms with Crippen molar-refractivity contribution in [2.24, 2.45) is 5.92 Å². The molecule has 4 heteroatoms. The van der Waals surface area contributed by atoms with Gasteiger partial charge >= 0.3 is 0 Å². The van der Waals surface area contributed by atoms with Gasteiger partial charge in [0.25, 0.3) is 5.91 Å². The molecule has 0 unspecified atom stereocenters. The third kappa shape index (κ3) is 4.70. The lowest BCUT2D eigenvalue weighted by atomic mass is 9.85. The van der Waals surface area contributed by atoms with Crippen molar-refractivity contribution in [3.8, 4) is 11.5 Å². The summed E-state index contributed by atoms with van der Waals surface area (Å²) in [6.07, 6.45) is 3.63. The minimum atomic E-state index is -0.398. The molecule has 1 amide bonds. The van der Waals surface area contributed by atoms with E-state index in [9.17, 15) is 9.18 Å². The van der Waals surface area contributed by atoms with Gasteiger partial charge in [-0.2, -0.15) is 0 Å². The number of hydrogen-bond acceptors (Lipinski definition) is 2. The lowest BCUT2D eigenvalue weighted by Crippen LogP contribution is -2.37. The molecule has 1 fully saturated rings. The summed E-state index contributed by atoms with van der Waals surface area (Å²) < 4.78 is 19.8. The molecular weight excluding hydrogens is 377 g/mol. The largest absolute Gasteiger partial charge is 0.454 e. The van der Waals surface area contributed by atoms with E-state index in [1.54, 1.807) is 43.3 Å². The Kier molecular flexibility index (Phi) is 6.12. The Bertz CT molecular complexity index is 977. The Morgan fingerprint density at radius 1 is 1.00 bits per heavy atom. The summed E-state index contributed by atoms with van der Waals surface area (Å²) in [6, 6.07) is 21.9. The van der Waals surface area contributed by atoms with Gasteiger partial charge in [-0.25, -0.2) is 4.39 Å². The first-order chi connectivity index (χ1) is 14.6. The van der Waals surface area contributed by atoms with Crippen LogP contribution in [0.25, 0.3) is 0 Å². The fourth-order valence-electron chi connectivity index (χ4n) is 3.72. The number of carbonyl (C=O) groups is 1. The molecule has 0 N–H and O–H groups in total. The molecule has 4 rings (SSSR count). The van der Waals surface area contributed by atoms with Crippen molar-refractivity contribution in [1.29, 1.82) is 0 Å². The summed E-state index contributed by atoms with van der Waals surface area (Å²) in [5.74, 6) is 0.925. The average Bonchev–Trinajstić information content (AvgIpc) is 2.73. The van der Waals surface area contributed by atoms with Crippen LogP contribution in [0.3, 0.4) is 0 Å². The molecule has 0 aliphatic heterocycles. The van der Waals surface area contributed by atoms with Crippen LogP contribution >= 0.6 is 0 Å². The highest BCUT2D eigenvalue weighted by Gasteiger charge is 2.24. The van der Waals surface area contributed by atoms with Crippen LogP contribution in [-0.4, -0.2) is 17.4 Å². The van der Waals surface area contributed by atoms with Crippen LogP contribution in [0, 0.1) is 18.7 Å². The summed E-state index contributed by atoms with van der Waals surface area (Å²) in [5.41, 5.74) is 2.47. The Morgan fingerprint density at radius 2 is 1.73 bits per heavy atom. The minimum absolute atomic E-state index is 0.0133. The molecule has 0 bridgehead atoms. The molecule has 154 valence electrons. The molecule has 0 saturated heterocycles. The maximum absolute atomic E-state index is 14.0. The number of nitrogens with zero attached hydrogens (tertiary/aromatic N) is 1. The molecular formula is C26H26FNO2. The zero-order valence-electron chi connectivity index (χ0n) is 17.2. The predicted molar refractivity (Wildman–Crippen MR) is 116 cm³/mol. The molecule has 3 aromatic carbocycles. The summed E-state index contributed by atoms with van der Waals surface area (Å²) in [7, 11) is 0. The number of para-hydroxylation sites is 1. The molecule has 0 radical (unpaired) electrons. The first-order valence-corrected chi connectivity index (χ1v) is 10.5. The lowest BCUT2D eigenvalue weighted by Gasteiger charge is -2.32. The normalized spacial score (nSPS) is 13.5. The van der Waals surface area contributed by atoms with Crippen LogP contribution in [0.15, 0.2) is 72.8 Å². The second kappa shape index (κ2) is 9.12. The molecule has 1 aliphatic carbocycles. The second-order valence-electron chi connectivity index (χ2n) is 7.98. The van der Waals surface area contributed by atoms with E-state index < -0.39 is 5.82 Å². The monoisotopic (exact) mass is 403 g/mol. The maximum atomic E-state index is 14.0. The highest BCUT2D eigenvalue weighted by atomic mass is 19.1. The van der Waals surface area contributed by atoms with E-state index in [1.807, 2.05) is 23.1 Å². The van der Waals surface area contributed by atoms with Crippen molar-refractivity contribution in [2.45, 2.75) is 32.7 Å². The number of aryl methyl sites for hydroxylation is 1. The number of ether oxygens (including phenoxy) is 1. The van der Waals surface area contributed by atoms with E-state index in [0.29, 0.717) is 23.8 Å². The van der Waals surface area contributed by atoms with E-state index in [0.717, 1.165) is 17.7 Å². The summed E-state index contributed by atoms with van der Waals surface area (Å²) >= 11 is 0. The molecule has 0 aromatic heterocycles. The molecule has 3 aromatic rings. The number of rotatable bonds is 7. The average molecular weight is 403 g/mol. The van der Waals surface area contributed by atoms with Gasteiger partial charge in [-0.3, -0.25) is 4.79 Å². The summed E-state index contributed by atoms with van der Waals surface area (Å²) in [6.45, 7) is 3.18. The molecule has 1 saturated carbocycles. The summed E-state index contributed by atoms with van der Waals surface area (Å²) in [4.78, 5) is 15.2. The van der Waals surface area contributed by atoms with Gasteiger partial charge in [0.1, 0.15) is 5.75 Å². The van der Waals surface area contributed by atoms with Crippen molar-refractivity contribution in [3.05, 3.63) is 95.3 Å². The number of halogens is 1. The van der Waals surface area contributed by atoms with Crippen LogP contribution in [-0.2, 0) is 6.54 Å². The SMILES string of the molecule is Cc1cccc(F)c1Oc1ccc(C(=O)N(Cc2ccccc2)CC2CCC2)cc1. The van der Waals surface area contributed by atoms with Crippen molar-refractivity contribution in [1.82, 2.24) is 4.90 Å². The number of carbonyl (C=O) groups excluding carboxylic acids is 1. The quantitative estimate of drug-likeness (QED) is 0.459. The van der Waals surface area contributed by atoms with E-state index in [-0.39, 0.29) is 11.7 Å². The minimum Gasteiger partial charge on any atom is -0.454 e. The Hall–Kier alpha value is -3.14. The van der Waals surface area contributed by atoms with Crippen LogP contribution in [0.2, 0.25) is 0 Å². The van der Waals surface area contributed by atoms with Gasteiger partial charge in [0, 0.05) is 18.7 Å². The van der Waals surface area contributed by atoms with Gasteiger partial charge in [0.2, 0.25) is 0 Å². The predicted octanol–water partition coefficient (Wildman–Crippen LogP) is 6.37.